The molecule has 0 N–H and O–H groups in total. The van der Waals surface area contributed by atoms with Crippen LogP contribution in [0.1, 0.15) is 22.3 Å². The maximum absolute atomic E-state index is 5.34. The molecule has 256 valence electrons. The first-order valence-electron chi connectivity index (χ1n) is 18.6. The molecule has 0 saturated heterocycles. The van der Waals surface area contributed by atoms with Crippen LogP contribution in [-0.2, 0) is 5.41 Å². The number of aromatic nitrogens is 4. The van der Waals surface area contributed by atoms with Gasteiger partial charge in [-0.2, -0.15) is 0 Å². The fraction of sp³-hybridized carbons (Fsp3) is 0.0196. The normalized spacial score (nSPS) is 12.9. The van der Waals surface area contributed by atoms with Crippen LogP contribution >= 0.6 is 0 Å². The molecule has 3 heterocycles. The second-order valence-corrected chi connectivity index (χ2v) is 14.2. The van der Waals surface area contributed by atoms with Gasteiger partial charge in [-0.3, -0.25) is 9.97 Å². The van der Waals surface area contributed by atoms with Crippen LogP contribution in [0.3, 0.4) is 0 Å². The van der Waals surface area contributed by atoms with Gasteiger partial charge in [0.1, 0.15) is 0 Å². The highest BCUT2D eigenvalue weighted by Crippen LogP contribution is 2.63. The predicted octanol–water partition coefficient (Wildman–Crippen LogP) is 11.9. The van der Waals surface area contributed by atoms with Crippen LogP contribution in [0.15, 0.2) is 195 Å². The van der Waals surface area contributed by atoms with Crippen LogP contribution in [0.2, 0.25) is 0 Å². The van der Waals surface area contributed by atoms with Gasteiger partial charge >= 0.3 is 0 Å². The van der Waals surface area contributed by atoms with Crippen molar-refractivity contribution in [2.24, 2.45) is 0 Å². The second kappa shape index (κ2) is 12.4. The Morgan fingerprint density at radius 2 is 0.855 bits per heavy atom. The molecule has 3 aromatic heterocycles. The molecule has 55 heavy (non-hydrogen) atoms. The van der Waals surface area contributed by atoms with E-state index < -0.39 is 5.41 Å². The highest BCUT2D eigenvalue weighted by atomic mass is 14.9. The van der Waals surface area contributed by atoms with Gasteiger partial charge in [0.15, 0.2) is 5.82 Å². The summed E-state index contributed by atoms with van der Waals surface area (Å²) in [6.45, 7) is 0. The first-order valence-corrected chi connectivity index (χ1v) is 18.6. The largest absolute Gasteiger partial charge is 0.265 e. The lowest BCUT2D eigenvalue weighted by molar-refractivity contribution is 0.794. The van der Waals surface area contributed by atoms with Gasteiger partial charge in [-0.25, -0.2) is 9.97 Å². The lowest BCUT2D eigenvalue weighted by Crippen LogP contribution is -2.25. The molecule has 11 rings (SSSR count). The van der Waals surface area contributed by atoms with E-state index >= 15 is 0 Å². The minimum Gasteiger partial charge on any atom is -0.265 e. The van der Waals surface area contributed by atoms with Crippen molar-refractivity contribution in [2.45, 2.75) is 5.41 Å². The second-order valence-electron chi connectivity index (χ2n) is 14.2. The molecule has 0 aliphatic heterocycles. The Morgan fingerprint density at radius 3 is 1.51 bits per heavy atom. The molecule has 0 unspecified atom stereocenters. The van der Waals surface area contributed by atoms with Crippen molar-refractivity contribution in [1.82, 2.24) is 19.9 Å². The highest BCUT2D eigenvalue weighted by molar-refractivity contribution is 5.95. The Hall–Kier alpha value is -7.30. The number of pyridine rings is 2. The van der Waals surface area contributed by atoms with E-state index in [1.165, 1.54) is 44.5 Å². The van der Waals surface area contributed by atoms with Crippen molar-refractivity contribution in [3.05, 3.63) is 217 Å². The van der Waals surface area contributed by atoms with Crippen LogP contribution in [0, 0.1) is 0 Å². The molecule has 0 radical (unpaired) electrons. The molecular weight excluding hydrogens is 669 g/mol. The summed E-state index contributed by atoms with van der Waals surface area (Å²) < 4.78 is 0. The SMILES string of the molecule is c1cncc(-c2cccc(-c3cc(-c4ccc(-c5ccncc5)cc4)nc(-c4ccc5c(c4)C4(c6ccccc6-c6ccccc64)c4ccccc4-5)n3)c2)c1. The summed E-state index contributed by atoms with van der Waals surface area (Å²) in [6, 6.07) is 61.0. The summed E-state index contributed by atoms with van der Waals surface area (Å²) >= 11 is 0. The van der Waals surface area contributed by atoms with E-state index in [2.05, 4.69) is 162 Å². The Balaban J connectivity index is 1.12. The van der Waals surface area contributed by atoms with Crippen LogP contribution in [-0.4, -0.2) is 19.9 Å². The van der Waals surface area contributed by atoms with Gasteiger partial charge in [0.05, 0.1) is 16.8 Å². The topological polar surface area (TPSA) is 51.6 Å². The summed E-state index contributed by atoms with van der Waals surface area (Å²) in [6.07, 6.45) is 7.36. The first-order chi connectivity index (χ1) is 27.3. The molecule has 2 aliphatic carbocycles. The van der Waals surface area contributed by atoms with E-state index in [4.69, 9.17) is 9.97 Å². The van der Waals surface area contributed by atoms with E-state index in [0.717, 1.165) is 50.3 Å². The smallest absolute Gasteiger partial charge is 0.160 e. The molecule has 4 heteroatoms. The zero-order chi connectivity index (χ0) is 36.3. The van der Waals surface area contributed by atoms with Gasteiger partial charge in [0.25, 0.3) is 0 Å². The molecule has 0 bridgehead atoms. The number of benzene rings is 6. The maximum Gasteiger partial charge on any atom is 0.160 e. The van der Waals surface area contributed by atoms with Crippen LogP contribution in [0.4, 0.5) is 0 Å². The third kappa shape index (κ3) is 4.85. The number of hydrogen-bond acceptors (Lipinski definition) is 4. The summed E-state index contributed by atoms with van der Waals surface area (Å²) in [7, 11) is 0. The average Bonchev–Trinajstić information content (AvgIpc) is 3.74. The van der Waals surface area contributed by atoms with Gasteiger partial charge in [-0.05, 0) is 97.6 Å². The van der Waals surface area contributed by atoms with Crippen molar-refractivity contribution in [3.8, 4) is 78.4 Å². The Morgan fingerprint density at radius 1 is 0.309 bits per heavy atom. The number of fused-ring (bicyclic) bond motifs is 10. The molecule has 9 aromatic rings. The van der Waals surface area contributed by atoms with E-state index in [-0.39, 0.29) is 0 Å². The minimum atomic E-state index is -0.448. The first kappa shape index (κ1) is 31.2. The molecule has 6 aromatic carbocycles. The molecule has 4 nitrogen and oxygen atoms in total. The van der Waals surface area contributed by atoms with E-state index in [9.17, 15) is 0 Å². The van der Waals surface area contributed by atoms with Crippen molar-refractivity contribution < 1.29 is 0 Å². The lowest BCUT2D eigenvalue weighted by Gasteiger charge is -2.30. The monoisotopic (exact) mass is 700 g/mol. The lowest BCUT2D eigenvalue weighted by atomic mass is 9.70. The summed E-state index contributed by atoms with van der Waals surface area (Å²) in [5.41, 5.74) is 19.0. The average molecular weight is 701 g/mol. The minimum absolute atomic E-state index is 0.448. The number of nitrogens with zero attached hydrogens (tertiary/aromatic N) is 4. The van der Waals surface area contributed by atoms with Gasteiger partial charge < -0.3 is 0 Å². The zero-order valence-electron chi connectivity index (χ0n) is 29.8. The summed E-state index contributed by atoms with van der Waals surface area (Å²) in [4.78, 5) is 19.2. The Bertz CT molecular complexity index is 2850. The van der Waals surface area contributed by atoms with E-state index in [0.29, 0.717) is 5.82 Å². The van der Waals surface area contributed by atoms with Crippen molar-refractivity contribution in [1.29, 1.82) is 0 Å². The zero-order valence-corrected chi connectivity index (χ0v) is 29.8. The van der Waals surface area contributed by atoms with Crippen molar-refractivity contribution in [3.63, 3.8) is 0 Å². The van der Waals surface area contributed by atoms with E-state index in [1.807, 2.05) is 36.8 Å². The molecule has 0 amide bonds. The summed E-state index contributed by atoms with van der Waals surface area (Å²) in [5.74, 6) is 0.686. The third-order valence-electron chi connectivity index (χ3n) is 11.3. The number of rotatable bonds is 5. The fourth-order valence-corrected chi connectivity index (χ4v) is 8.88. The van der Waals surface area contributed by atoms with Gasteiger partial charge in [0.2, 0.25) is 0 Å². The van der Waals surface area contributed by atoms with Gasteiger partial charge in [0, 0.05) is 47.0 Å². The molecule has 0 fully saturated rings. The quantitative estimate of drug-likeness (QED) is 0.179. The molecule has 0 saturated carbocycles. The van der Waals surface area contributed by atoms with Crippen LogP contribution in [0.25, 0.3) is 78.4 Å². The molecule has 2 aliphatic rings. The Labute approximate surface area is 319 Å². The van der Waals surface area contributed by atoms with Gasteiger partial charge in [-0.15, -0.1) is 0 Å². The van der Waals surface area contributed by atoms with E-state index in [1.54, 1.807) is 6.20 Å². The molecular formula is C51H32N4. The van der Waals surface area contributed by atoms with Crippen LogP contribution in [0.5, 0.6) is 0 Å². The van der Waals surface area contributed by atoms with Crippen molar-refractivity contribution >= 4 is 0 Å². The number of hydrogen-bond donors (Lipinski definition) is 0. The molecule has 1 spiro atoms. The van der Waals surface area contributed by atoms with Crippen LogP contribution < -0.4 is 0 Å². The standard InChI is InChI=1S/C51H32N4/c1-4-15-44-40(12-1)41-13-2-5-16-45(41)51(44)46-17-6-3-14-42(46)43-23-22-38(30-47(43)51)50-54-48(35-20-18-33(19-21-35)34-24-27-52-28-25-34)31-49(55-50)37-10-7-9-36(29-37)39-11-8-26-53-32-39/h1-32H. The maximum atomic E-state index is 5.34. The van der Waals surface area contributed by atoms with Gasteiger partial charge in [-0.1, -0.05) is 133 Å². The fourth-order valence-electron chi connectivity index (χ4n) is 8.88. The van der Waals surface area contributed by atoms with Crippen molar-refractivity contribution in [2.75, 3.05) is 0 Å². The predicted molar refractivity (Wildman–Crippen MR) is 221 cm³/mol. The Kier molecular flexibility index (Phi) is 7.04. The highest BCUT2D eigenvalue weighted by Gasteiger charge is 2.51. The molecule has 0 atom stereocenters. The third-order valence-corrected chi connectivity index (χ3v) is 11.3. The summed E-state index contributed by atoms with van der Waals surface area (Å²) in [5, 5.41) is 0.